The summed E-state index contributed by atoms with van der Waals surface area (Å²) in [5.41, 5.74) is 1.37. The van der Waals surface area contributed by atoms with E-state index in [1.165, 1.54) is 19.3 Å². The average Bonchev–Trinajstić information content (AvgIpc) is 2.55. The zero-order chi connectivity index (χ0) is 15.9. The maximum absolute atomic E-state index is 12.5. The lowest BCUT2D eigenvalue weighted by Crippen LogP contribution is -2.38. The van der Waals surface area contributed by atoms with Gasteiger partial charge in [0, 0.05) is 24.3 Å². The van der Waals surface area contributed by atoms with Gasteiger partial charge in [-0.3, -0.25) is 9.59 Å². The molecular weight excluding hydrogens is 314 g/mol. The highest BCUT2D eigenvalue weighted by Crippen LogP contribution is 2.23. The largest absolute Gasteiger partial charge is 0.339 e. The van der Waals surface area contributed by atoms with E-state index in [1.54, 1.807) is 31.3 Å². The number of carbonyl (C=O) groups is 2. The highest BCUT2D eigenvalue weighted by Gasteiger charge is 2.22. The molecule has 0 bridgehead atoms. The summed E-state index contributed by atoms with van der Waals surface area (Å²) in [4.78, 5) is 25.9. The van der Waals surface area contributed by atoms with Gasteiger partial charge in [-0.2, -0.15) is 0 Å². The van der Waals surface area contributed by atoms with Crippen molar-refractivity contribution in [3.8, 4) is 0 Å². The van der Waals surface area contributed by atoms with Crippen LogP contribution < -0.4 is 10.6 Å². The molecule has 2 amide bonds. The van der Waals surface area contributed by atoms with Gasteiger partial charge in [-0.05, 0) is 44.2 Å². The molecule has 0 heterocycles. The third-order valence-corrected chi connectivity index (χ3v) is 4.20. The van der Waals surface area contributed by atoms with Crippen LogP contribution >= 0.6 is 12.4 Å². The smallest absolute Gasteiger partial charge is 0.253 e. The molecule has 0 saturated heterocycles. The summed E-state index contributed by atoms with van der Waals surface area (Å²) >= 11 is 0. The molecule has 1 aromatic carbocycles. The Morgan fingerprint density at radius 1 is 1.13 bits per heavy atom. The number of nitrogens with zero attached hydrogens (tertiary/aromatic N) is 1. The Hall–Kier alpha value is -1.59. The predicted octanol–water partition coefficient (Wildman–Crippen LogP) is 2.67. The summed E-state index contributed by atoms with van der Waals surface area (Å²) in [6.07, 6.45) is 5.89. The second-order valence-electron chi connectivity index (χ2n) is 5.86. The summed E-state index contributed by atoms with van der Waals surface area (Å²) in [5.74, 6) is -0.0408. The fourth-order valence-electron chi connectivity index (χ4n) is 2.90. The maximum atomic E-state index is 12.5. The van der Waals surface area contributed by atoms with Crippen LogP contribution in [-0.2, 0) is 4.79 Å². The summed E-state index contributed by atoms with van der Waals surface area (Å²) in [5, 5.41) is 5.57. The van der Waals surface area contributed by atoms with E-state index >= 15 is 0 Å². The second kappa shape index (κ2) is 9.53. The van der Waals surface area contributed by atoms with Crippen molar-refractivity contribution < 1.29 is 9.59 Å². The molecule has 0 unspecified atom stereocenters. The molecule has 0 aliphatic heterocycles. The first kappa shape index (κ1) is 19.5. The van der Waals surface area contributed by atoms with Gasteiger partial charge < -0.3 is 15.5 Å². The molecule has 1 aliphatic carbocycles. The molecule has 0 radical (unpaired) electrons. The molecule has 23 heavy (non-hydrogen) atoms. The zero-order valence-corrected chi connectivity index (χ0v) is 14.6. The quantitative estimate of drug-likeness (QED) is 0.867. The standard InChI is InChI=1S/C17H25N3O2.ClH/c1-18-12-16(21)19-14-10-8-13(9-11-14)17(22)20(2)15-6-4-3-5-7-15;/h8-11,15,18H,3-7,12H2,1-2H3,(H,19,21);1H. The Kier molecular flexibility index (Phi) is 8.06. The van der Waals surface area contributed by atoms with Crippen molar-refractivity contribution in [1.29, 1.82) is 0 Å². The molecule has 0 spiro atoms. The van der Waals surface area contributed by atoms with Crippen molar-refractivity contribution in [2.45, 2.75) is 38.1 Å². The minimum atomic E-state index is -0.0964. The predicted molar refractivity (Wildman–Crippen MR) is 95.2 cm³/mol. The van der Waals surface area contributed by atoms with Gasteiger partial charge in [0.15, 0.2) is 0 Å². The number of hydrogen-bond acceptors (Lipinski definition) is 3. The van der Waals surface area contributed by atoms with Crippen LogP contribution in [-0.4, -0.2) is 43.4 Å². The van der Waals surface area contributed by atoms with Crippen molar-refractivity contribution in [2.24, 2.45) is 0 Å². The lowest BCUT2D eigenvalue weighted by atomic mass is 9.94. The molecule has 128 valence electrons. The van der Waals surface area contributed by atoms with Crippen LogP contribution in [0.4, 0.5) is 5.69 Å². The van der Waals surface area contributed by atoms with Crippen LogP contribution in [0.15, 0.2) is 24.3 Å². The van der Waals surface area contributed by atoms with Crippen LogP contribution in [0, 0.1) is 0 Å². The second-order valence-corrected chi connectivity index (χ2v) is 5.86. The van der Waals surface area contributed by atoms with E-state index in [9.17, 15) is 9.59 Å². The first-order valence-electron chi connectivity index (χ1n) is 7.93. The van der Waals surface area contributed by atoms with Crippen molar-refractivity contribution in [2.75, 3.05) is 26.0 Å². The molecule has 1 aromatic rings. The maximum Gasteiger partial charge on any atom is 0.253 e. The number of halogens is 1. The van der Waals surface area contributed by atoms with E-state index in [1.807, 2.05) is 11.9 Å². The average molecular weight is 340 g/mol. The normalized spacial score (nSPS) is 14.7. The molecule has 1 aliphatic rings. The summed E-state index contributed by atoms with van der Waals surface area (Å²) in [7, 11) is 3.61. The number of nitrogens with one attached hydrogen (secondary N) is 2. The summed E-state index contributed by atoms with van der Waals surface area (Å²) < 4.78 is 0. The Bertz CT molecular complexity index is 513. The molecule has 1 saturated carbocycles. The fourth-order valence-corrected chi connectivity index (χ4v) is 2.90. The van der Waals surface area contributed by atoms with Gasteiger partial charge in [-0.1, -0.05) is 19.3 Å². The first-order valence-corrected chi connectivity index (χ1v) is 7.93. The van der Waals surface area contributed by atoms with E-state index in [-0.39, 0.29) is 30.8 Å². The number of rotatable bonds is 5. The van der Waals surface area contributed by atoms with Crippen LogP contribution in [0.2, 0.25) is 0 Å². The molecule has 0 atom stereocenters. The van der Waals surface area contributed by atoms with E-state index in [4.69, 9.17) is 0 Å². The van der Waals surface area contributed by atoms with Crippen molar-refractivity contribution in [3.63, 3.8) is 0 Å². The molecule has 5 nitrogen and oxygen atoms in total. The van der Waals surface area contributed by atoms with Crippen LogP contribution in [0.5, 0.6) is 0 Å². The van der Waals surface area contributed by atoms with E-state index in [2.05, 4.69) is 10.6 Å². The van der Waals surface area contributed by atoms with Gasteiger partial charge in [0.25, 0.3) is 5.91 Å². The number of hydrogen-bond donors (Lipinski definition) is 2. The highest BCUT2D eigenvalue weighted by atomic mass is 35.5. The Labute approximate surface area is 144 Å². The van der Waals surface area contributed by atoms with Gasteiger partial charge in [0.2, 0.25) is 5.91 Å². The summed E-state index contributed by atoms with van der Waals surface area (Å²) in [6.45, 7) is 0.269. The lowest BCUT2D eigenvalue weighted by Gasteiger charge is -2.31. The molecular formula is C17H26ClN3O2. The molecule has 2 rings (SSSR count). The Balaban J connectivity index is 0.00000264. The van der Waals surface area contributed by atoms with Gasteiger partial charge in [0.05, 0.1) is 6.54 Å². The fraction of sp³-hybridized carbons (Fsp3) is 0.529. The van der Waals surface area contributed by atoms with E-state index in [0.717, 1.165) is 12.8 Å². The van der Waals surface area contributed by atoms with Gasteiger partial charge in [-0.25, -0.2) is 0 Å². The topological polar surface area (TPSA) is 61.4 Å². The van der Waals surface area contributed by atoms with Gasteiger partial charge in [-0.15, -0.1) is 12.4 Å². The molecule has 1 fully saturated rings. The van der Waals surface area contributed by atoms with Crippen LogP contribution in [0.3, 0.4) is 0 Å². The van der Waals surface area contributed by atoms with Crippen LogP contribution in [0.1, 0.15) is 42.5 Å². The molecule has 2 N–H and O–H groups in total. The number of likely N-dealkylation sites (N-methyl/N-ethyl adjacent to an activating group) is 1. The SMILES string of the molecule is CNCC(=O)Nc1ccc(C(=O)N(C)C2CCCCC2)cc1.Cl. The third kappa shape index (κ3) is 5.52. The lowest BCUT2D eigenvalue weighted by molar-refractivity contribution is -0.115. The number of carbonyl (C=O) groups excluding carboxylic acids is 2. The van der Waals surface area contributed by atoms with Crippen molar-refractivity contribution in [1.82, 2.24) is 10.2 Å². The minimum Gasteiger partial charge on any atom is -0.339 e. The summed E-state index contributed by atoms with van der Waals surface area (Å²) in [6, 6.07) is 7.45. The zero-order valence-electron chi connectivity index (χ0n) is 13.8. The van der Waals surface area contributed by atoms with Gasteiger partial charge >= 0.3 is 0 Å². The molecule has 6 heteroatoms. The van der Waals surface area contributed by atoms with Crippen LogP contribution in [0.25, 0.3) is 0 Å². The number of anilines is 1. The van der Waals surface area contributed by atoms with E-state index in [0.29, 0.717) is 17.3 Å². The Morgan fingerprint density at radius 3 is 2.30 bits per heavy atom. The monoisotopic (exact) mass is 339 g/mol. The highest BCUT2D eigenvalue weighted by molar-refractivity contribution is 5.96. The minimum absolute atomic E-state index is 0. The number of benzene rings is 1. The van der Waals surface area contributed by atoms with Crippen molar-refractivity contribution in [3.05, 3.63) is 29.8 Å². The Morgan fingerprint density at radius 2 is 1.74 bits per heavy atom. The first-order chi connectivity index (χ1) is 10.6. The van der Waals surface area contributed by atoms with Crippen molar-refractivity contribution >= 4 is 29.9 Å². The molecule has 0 aromatic heterocycles. The third-order valence-electron chi connectivity index (χ3n) is 4.20. The van der Waals surface area contributed by atoms with Gasteiger partial charge in [0.1, 0.15) is 0 Å². The number of amides is 2. The van der Waals surface area contributed by atoms with E-state index < -0.39 is 0 Å².